The Morgan fingerprint density at radius 1 is 1.15 bits per heavy atom. The minimum absolute atomic E-state index is 0.0662. The summed E-state index contributed by atoms with van der Waals surface area (Å²) in [6, 6.07) is 13.0. The number of carbonyl (C=O) groups excluding carboxylic acids is 1. The van der Waals surface area contributed by atoms with Gasteiger partial charge in [-0.2, -0.15) is 0 Å². The number of carbonyl (C=O) groups is 1. The quantitative estimate of drug-likeness (QED) is 0.641. The molecule has 5 rings (SSSR count). The average molecular weight is 465 g/mol. The molecule has 3 heterocycles. The maximum Gasteiger partial charge on any atom is 0.225 e. The monoisotopic (exact) mass is 464 g/mol. The normalized spacial score (nSPS) is 17.6. The smallest absolute Gasteiger partial charge is 0.225 e. The van der Waals surface area contributed by atoms with Crippen LogP contribution in [0.1, 0.15) is 35.2 Å². The number of amides is 1. The Morgan fingerprint density at radius 2 is 1.91 bits per heavy atom. The van der Waals surface area contributed by atoms with Crippen molar-refractivity contribution < 1.29 is 9.53 Å². The van der Waals surface area contributed by atoms with E-state index in [9.17, 15) is 4.79 Å². The van der Waals surface area contributed by atoms with E-state index >= 15 is 0 Å². The Morgan fingerprint density at radius 3 is 2.64 bits per heavy atom. The van der Waals surface area contributed by atoms with Gasteiger partial charge in [0.25, 0.3) is 0 Å². The molecule has 1 fully saturated rings. The van der Waals surface area contributed by atoms with Gasteiger partial charge in [0.2, 0.25) is 5.91 Å². The highest BCUT2D eigenvalue weighted by atomic mass is 35.5. The van der Waals surface area contributed by atoms with Crippen molar-refractivity contribution >= 4 is 23.2 Å². The largest absolute Gasteiger partial charge is 0.497 e. The number of halogens is 1. The Bertz CT molecular complexity index is 1210. The first-order chi connectivity index (χ1) is 16.0. The fraction of sp³-hybridized carbons (Fsp3) is 0.333. The summed E-state index contributed by atoms with van der Waals surface area (Å²) in [7, 11) is 1.64. The second-order valence-corrected chi connectivity index (χ2v) is 8.60. The van der Waals surface area contributed by atoms with E-state index < -0.39 is 6.04 Å². The molecule has 3 aromatic rings. The number of ether oxygens (including phenoxy) is 1. The van der Waals surface area contributed by atoms with Crippen LogP contribution in [0.25, 0.3) is 5.69 Å². The minimum atomic E-state index is -0.474. The van der Waals surface area contributed by atoms with Gasteiger partial charge in [0, 0.05) is 42.3 Å². The average Bonchev–Trinajstić information content (AvgIpc) is 3.17. The molecule has 2 aromatic carbocycles. The Hall–Kier alpha value is -3.23. The van der Waals surface area contributed by atoms with Crippen molar-refractivity contribution in [3.05, 3.63) is 70.3 Å². The van der Waals surface area contributed by atoms with Gasteiger partial charge in [0.1, 0.15) is 17.6 Å². The summed E-state index contributed by atoms with van der Waals surface area (Å²) in [6.45, 7) is 4.91. The number of rotatable bonds is 4. The summed E-state index contributed by atoms with van der Waals surface area (Å²) in [4.78, 5) is 20.2. The predicted octanol–water partition coefficient (Wildman–Crippen LogP) is 2.95. The highest BCUT2D eigenvalue weighted by molar-refractivity contribution is 6.30. The molecule has 0 aliphatic carbocycles. The lowest BCUT2D eigenvalue weighted by Gasteiger charge is -2.28. The zero-order valence-corrected chi connectivity index (χ0v) is 19.3. The van der Waals surface area contributed by atoms with Gasteiger partial charge >= 0.3 is 0 Å². The zero-order valence-electron chi connectivity index (χ0n) is 18.6. The third-order valence-corrected chi connectivity index (χ3v) is 6.34. The summed E-state index contributed by atoms with van der Waals surface area (Å²) in [5.74, 6) is 2.18. The standard InChI is InChI=1S/C24H25ClN6O2/c1-15-28-29-24-20(14-22(32)30-11-9-26-10-12-30)27-23(16-3-5-17(25)6-4-16)19-13-18(33-2)7-8-21(19)31(15)24/h3-8,13,20,26H,9-12,14H2,1-2H3/t20-/m0/s1. The minimum Gasteiger partial charge on any atom is -0.497 e. The van der Waals surface area contributed by atoms with E-state index in [4.69, 9.17) is 21.3 Å². The molecule has 9 heteroatoms. The highest BCUT2D eigenvalue weighted by Gasteiger charge is 2.31. The lowest BCUT2D eigenvalue weighted by molar-refractivity contribution is -0.132. The van der Waals surface area contributed by atoms with Crippen LogP contribution in [0.4, 0.5) is 0 Å². The maximum atomic E-state index is 13.2. The van der Waals surface area contributed by atoms with E-state index in [2.05, 4.69) is 15.5 Å². The van der Waals surface area contributed by atoms with Crippen LogP contribution in [-0.4, -0.2) is 64.6 Å². The van der Waals surface area contributed by atoms with Crippen molar-refractivity contribution in [1.29, 1.82) is 0 Å². The number of nitrogens with one attached hydrogen (secondary N) is 1. The number of hydrogen-bond acceptors (Lipinski definition) is 6. The molecule has 2 aliphatic heterocycles. The molecule has 0 bridgehead atoms. The number of methoxy groups -OCH3 is 1. The summed E-state index contributed by atoms with van der Waals surface area (Å²) in [6.07, 6.45) is 0.223. The van der Waals surface area contributed by atoms with E-state index in [1.165, 1.54) is 0 Å². The molecule has 0 spiro atoms. The number of aryl methyl sites for hydroxylation is 1. The van der Waals surface area contributed by atoms with Gasteiger partial charge in [-0.25, -0.2) is 0 Å². The van der Waals surface area contributed by atoms with E-state index in [0.29, 0.717) is 23.9 Å². The molecular weight excluding hydrogens is 440 g/mol. The Balaban J connectivity index is 1.66. The predicted molar refractivity (Wildman–Crippen MR) is 127 cm³/mol. The van der Waals surface area contributed by atoms with Crippen LogP contribution in [0.3, 0.4) is 0 Å². The topological polar surface area (TPSA) is 84.6 Å². The number of nitrogens with zero attached hydrogens (tertiary/aromatic N) is 5. The van der Waals surface area contributed by atoms with Crippen LogP contribution in [-0.2, 0) is 4.79 Å². The van der Waals surface area contributed by atoms with Crippen molar-refractivity contribution in [2.75, 3.05) is 33.3 Å². The van der Waals surface area contributed by atoms with Crippen LogP contribution in [0.15, 0.2) is 47.5 Å². The molecule has 1 N–H and O–H groups in total. The van der Waals surface area contributed by atoms with Crippen LogP contribution < -0.4 is 10.1 Å². The van der Waals surface area contributed by atoms with Crippen LogP contribution >= 0.6 is 11.6 Å². The summed E-state index contributed by atoms with van der Waals surface area (Å²) in [5, 5.41) is 12.7. The third kappa shape index (κ3) is 4.12. The molecule has 1 aromatic heterocycles. The van der Waals surface area contributed by atoms with Gasteiger partial charge in [-0.15, -0.1) is 10.2 Å². The molecular formula is C24H25ClN6O2. The van der Waals surface area contributed by atoms with Gasteiger partial charge in [-0.3, -0.25) is 14.4 Å². The lowest BCUT2D eigenvalue weighted by Crippen LogP contribution is -2.46. The second-order valence-electron chi connectivity index (χ2n) is 8.16. The highest BCUT2D eigenvalue weighted by Crippen LogP contribution is 2.34. The van der Waals surface area contributed by atoms with Crippen LogP contribution in [0.2, 0.25) is 5.02 Å². The van der Waals surface area contributed by atoms with Crippen molar-refractivity contribution in [2.24, 2.45) is 4.99 Å². The number of benzene rings is 2. The molecule has 8 nitrogen and oxygen atoms in total. The SMILES string of the molecule is COc1ccc2c(c1)C(c1ccc(Cl)cc1)=N[C@@H](CC(=O)N1CCNCC1)c1nnc(C)n1-2. The van der Waals surface area contributed by atoms with Crippen molar-refractivity contribution in [1.82, 2.24) is 25.0 Å². The van der Waals surface area contributed by atoms with Gasteiger partial charge < -0.3 is 15.0 Å². The van der Waals surface area contributed by atoms with Crippen molar-refractivity contribution in [2.45, 2.75) is 19.4 Å². The van der Waals surface area contributed by atoms with E-state index in [0.717, 1.165) is 47.2 Å². The van der Waals surface area contributed by atoms with E-state index in [1.54, 1.807) is 7.11 Å². The van der Waals surface area contributed by atoms with Crippen molar-refractivity contribution in [3.63, 3.8) is 0 Å². The van der Waals surface area contributed by atoms with Gasteiger partial charge in [0.15, 0.2) is 5.82 Å². The summed E-state index contributed by atoms with van der Waals surface area (Å²) in [5.41, 5.74) is 3.46. The molecule has 1 atom stereocenters. The molecule has 0 radical (unpaired) electrons. The molecule has 1 saturated heterocycles. The van der Waals surface area contributed by atoms with E-state index in [-0.39, 0.29) is 12.3 Å². The Kier molecular flexibility index (Phi) is 5.86. The van der Waals surface area contributed by atoms with Gasteiger partial charge in [0.05, 0.1) is 24.9 Å². The molecule has 0 saturated carbocycles. The van der Waals surface area contributed by atoms with Crippen LogP contribution in [0, 0.1) is 6.92 Å². The number of hydrogen-bond donors (Lipinski definition) is 1. The third-order valence-electron chi connectivity index (χ3n) is 6.09. The lowest BCUT2D eigenvalue weighted by atomic mass is 10.00. The molecule has 0 unspecified atom stereocenters. The van der Waals surface area contributed by atoms with Crippen LogP contribution in [0.5, 0.6) is 5.75 Å². The number of aliphatic imine (C=N–C) groups is 1. The summed E-state index contributed by atoms with van der Waals surface area (Å²) >= 11 is 6.15. The zero-order chi connectivity index (χ0) is 22.9. The molecule has 2 aliphatic rings. The molecule has 33 heavy (non-hydrogen) atoms. The first-order valence-corrected chi connectivity index (χ1v) is 11.4. The van der Waals surface area contributed by atoms with Gasteiger partial charge in [-0.05, 0) is 37.3 Å². The van der Waals surface area contributed by atoms with E-state index in [1.807, 2.05) is 58.9 Å². The first kappa shape index (κ1) is 21.6. The van der Waals surface area contributed by atoms with Crippen molar-refractivity contribution in [3.8, 4) is 11.4 Å². The summed E-state index contributed by atoms with van der Waals surface area (Å²) < 4.78 is 7.51. The number of piperazine rings is 1. The first-order valence-electron chi connectivity index (χ1n) is 11.0. The fourth-order valence-corrected chi connectivity index (χ4v) is 4.51. The second kappa shape index (κ2) is 8.96. The maximum absolute atomic E-state index is 13.2. The van der Waals surface area contributed by atoms with Gasteiger partial charge in [-0.1, -0.05) is 23.7 Å². The Labute approximate surface area is 197 Å². The fourth-order valence-electron chi connectivity index (χ4n) is 4.39. The molecule has 170 valence electrons. The number of aromatic nitrogens is 3. The number of fused-ring (bicyclic) bond motifs is 3. The molecule has 1 amide bonds.